The van der Waals surface area contributed by atoms with Crippen LogP contribution in [0, 0.1) is 11.8 Å². The molecule has 1 aliphatic heterocycles. The second-order valence-corrected chi connectivity index (χ2v) is 6.76. The molecule has 0 aromatic heterocycles. The van der Waals surface area contributed by atoms with Crippen LogP contribution in [-0.4, -0.2) is 35.7 Å². The monoisotopic (exact) mass is 268 g/mol. The van der Waals surface area contributed by atoms with Gasteiger partial charge in [0.15, 0.2) is 0 Å². The van der Waals surface area contributed by atoms with Crippen LogP contribution in [-0.2, 0) is 4.79 Å². The van der Waals surface area contributed by atoms with Gasteiger partial charge in [-0.25, -0.2) is 0 Å². The molecule has 0 aromatic carbocycles. The summed E-state index contributed by atoms with van der Waals surface area (Å²) in [5.74, 6) is 1.37. The third-order valence-corrected chi connectivity index (χ3v) is 4.78. The van der Waals surface area contributed by atoms with Crippen LogP contribution < -0.4 is 10.6 Å². The number of aliphatic hydroxyl groups is 1. The van der Waals surface area contributed by atoms with Crippen molar-refractivity contribution in [2.24, 2.45) is 11.8 Å². The molecule has 2 atom stereocenters. The first kappa shape index (κ1) is 14.8. The van der Waals surface area contributed by atoms with Crippen LogP contribution in [0.5, 0.6) is 0 Å². The molecule has 1 saturated carbocycles. The van der Waals surface area contributed by atoms with Gasteiger partial charge in [-0.05, 0) is 56.9 Å². The van der Waals surface area contributed by atoms with Crippen molar-refractivity contribution in [1.82, 2.24) is 10.6 Å². The van der Waals surface area contributed by atoms with E-state index in [4.69, 9.17) is 0 Å². The highest BCUT2D eigenvalue weighted by Gasteiger charge is 2.33. The summed E-state index contributed by atoms with van der Waals surface area (Å²) in [5, 5.41) is 16.7. The van der Waals surface area contributed by atoms with Gasteiger partial charge in [0, 0.05) is 6.54 Å². The van der Waals surface area contributed by atoms with Crippen molar-refractivity contribution >= 4 is 5.91 Å². The molecule has 1 aliphatic carbocycles. The normalized spacial score (nSPS) is 39.8. The van der Waals surface area contributed by atoms with E-state index in [2.05, 4.69) is 24.5 Å². The fourth-order valence-electron chi connectivity index (χ4n) is 3.16. The minimum absolute atomic E-state index is 0.0543. The maximum atomic E-state index is 12.1. The van der Waals surface area contributed by atoms with Gasteiger partial charge in [-0.2, -0.15) is 0 Å². The molecule has 4 nitrogen and oxygen atoms in total. The summed E-state index contributed by atoms with van der Waals surface area (Å²) in [5.41, 5.74) is -0.678. The Morgan fingerprint density at radius 1 is 1.26 bits per heavy atom. The van der Waals surface area contributed by atoms with Crippen LogP contribution in [0.1, 0.15) is 52.4 Å². The summed E-state index contributed by atoms with van der Waals surface area (Å²) >= 11 is 0. The second-order valence-electron chi connectivity index (χ2n) is 6.76. The van der Waals surface area contributed by atoms with Crippen LogP contribution >= 0.6 is 0 Å². The molecule has 1 heterocycles. The molecule has 1 amide bonds. The first-order valence-electron chi connectivity index (χ1n) is 7.72. The molecule has 0 radical (unpaired) electrons. The van der Waals surface area contributed by atoms with Gasteiger partial charge in [-0.15, -0.1) is 0 Å². The van der Waals surface area contributed by atoms with Gasteiger partial charge in [-0.1, -0.05) is 13.8 Å². The van der Waals surface area contributed by atoms with Crippen molar-refractivity contribution in [3.8, 4) is 0 Å². The lowest BCUT2D eigenvalue weighted by atomic mass is 9.79. The number of nitrogens with one attached hydrogen (secondary N) is 2. The van der Waals surface area contributed by atoms with Gasteiger partial charge in [0.25, 0.3) is 0 Å². The minimum Gasteiger partial charge on any atom is -0.388 e. The molecule has 110 valence electrons. The zero-order chi connectivity index (χ0) is 13.9. The molecular formula is C15H28N2O2. The topological polar surface area (TPSA) is 61.4 Å². The smallest absolute Gasteiger partial charge is 0.237 e. The van der Waals surface area contributed by atoms with E-state index in [1.54, 1.807) is 0 Å². The van der Waals surface area contributed by atoms with Crippen LogP contribution in [0.15, 0.2) is 0 Å². The van der Waals surface area contributed by atoms with E-state index in [-0.39, 0.29) is 11.9 Å². The van der Waals surface area contributed by atoms with Crippen molar-refractivity contribution in [3.05, 3.63) is 0 Å². The Morgan fingerprint density at radius 3 is 2.58 bits per heavy atom. The van der Waals surface area contributed by atoms with Gasteiger partial charge in [0.2, 0.25) is 5.91 Å². The van der Waals surface area contributed by atoms with E-state index in [1.165, 1.54) is 0 Å². The van der Waals surface area contributed by atoms with Crippen molar-refractivity contribution in [2.75, 3.05) is 13.1 Å². The zero-order valence-corrected chi connectivity index (χ0v) is 12.2. The van der Waals surface area contributed by atoms with Crippen molar-refractivity contribution in [1.29, 1.82) is 0 Å². The third-order valence-electron chi connectivity index (χ3n) is 4.78. The average molecular weight is 268 g/mol. The standard InChI is InChI=1S/C15H28N2O2/c1-11-3-6-15(19,7-4-11)10-17-14(18)13-9-12(2)5-8-16-13/h11-13,16,19H,3-10H2,1-2H3,(H,17,18). The third kappa shape index (κ3) is 4.18. The van der Waals surface area contributed by atoms with Gasteiger partial charge >= 0.3 is 0 Å². The number of carbonyl (C=O) groups is 1. The lowest BCUT2D eigenvalue weighted by Crippen LogP contribution is -2.52. The predicted octanol–water partition coefficient (Wildman–Crippen LogP) is 1.43. The molecular weight excluding hydrogens is 240 g/mol. The number of amides is 1. The summed E-state index contributed by atoms with van der Waals surface area (Å²) in [6, 6.07) is -0.0742. The highest BCUT2D eigenvalue weighted by atomic mass is 16.3. The van der Waals surface area contributed by atoms with Gasteiger partial charge in [-0.3, -0.25) is 4.79 Å². The molecule has 2 rings (SSSR count). The average Bonchev–Trinajstić information content (AvgIpc) is 2.40. The molecule has 0 aromatic rings. The van der Waals surface area contributed by atoms with Gasteiger partial charge < -0.3 is 15.7 Å². The largest absolute Gasteiger partial charge is 0.388 e. The molecule has 2 aliphatic rings. The fourth-order valence-corrected chi connectivity index (χ4v) is 3.16. The van der Waals surface area contributed by atoms with Crippen LogP contribution in [0.25, 0.3) is 0 Å². The summed E-state index contributed by atoms with van der Waals surface area (Å²) in [6.45, 7) is 5.74. The molecule has 0 bridgehead atoms. The Hall–Kier alpha value is -0.610. The molecule has 0 spiro atoms. The summed E-state index contributed by atoms with van der Waals surface area (Å²) < 4.78 is 0. The SMILES string of the molecule is CC1CCC(O)(CNC(=O)C2CC(C)CCN2)CC1. The highest BCUT2D eigenvalue weighted by Crippen LogP contribution is 2.31. The van der Waals surface area contributed by atoms with E-state index in [1.807, 2.05) is 0 Å². The van der Waals surface area contributed by atoms with Crippen molar-refractivity contribution in [3.63, 3.8) is 0 Å². The summed E-state index contributed by atoms with van der Waals surface area (Å²) in [7, 11) is 0. The van der Waals surface area contributed by atoms with Gasteiger partial charge in [0.1, 0.15) is 0 Å². The fraction of sp³-hybridized carbons (Fsp3) is 0.933. The first-order chi connectivity index (χ1) is 8.98. The van der Waals surface area contributed by atoms with Crippen LogP contribution in [0.2, 0.25) is 0 Å². The molecule has 1 saturated heterocycles. The number of rotatable bonds is 3. The van der Waals surface area contributed by atoms with Crippen LogP contribution in [0.3, 0.4) is 0 Å². The maximum Gasteiger partial charge on any atom is 0.237 e. The maximum absolute atomic E-state index is 12.1. The molecule has 2 fully saturated rings. The number of hydrogen-bond donors (Lipinski definition) is 3. The van der Waals surface area contributed by atoms with E-state index in [9.17, 15) is 9.90 Å². The quantitative estimate of drug-likeness (QED) is 0.725. The number of piperidine rings is 1. The van der Waals surface area contributed by atoms with E-state index >= 15 is 0 Å². The predicted molar refractivity (Wildman–Crippen MR) is 75.8 cm³/mol. The zero-order valence-electron chi connectivity index (χ0n) is 12.2. The number of hydrogen-bond acceptors (Lipinski definition) is 3. The Balaban J connectivity index is 1.76. The molecule has 19 heavy (non-hydrogen) atoms. The van der Waals surface area contributed by atoms with Crippen molar-refractivity contribution < 1.29 is 9.90 Å². The van der Waals surface area contributed by atoms with Crippen LogP contribution in [0.4, 0.5) is 0 Å². The highest BCUT2D eigenvalue weighted by molar-refractivity contribution is 5.81. The second kappa shape index (κ2) is 6.23. The Bertz CT molecular complexity index is 311. The molecule has 4 heteroatoms. The minimum atomic E-state index is -0.678. The Labute approximate surface area is 116 Å². The van der Waals surface area contributed by atoms with E-state index in [0.717, 1.165) is 45.1 Å². The molecule has 2 unspecified atom stereocenters. The summed E-state index contributed by atoms with van der Waals surface area (Å²) in [6.07, 6.45) is 5.79. The lowest BCUT2D eigenvalue weighted by Gasteiger charge is -2.35. The Kier molecular flexibility index (Phi) is 4.85. The molecule has 3 N–H and O–H groups in total. The lowest BCUT2D eigenvalue weighted by molar-refractivity contribution is -0.125. The summed E-state index contributed by atoms with van der Waals surface area (Å²) in [4.78, 5) is 12.1. The van der Waals surface area contributed by atoms with E-state index in [0.29, 0.717) is 18.4 Å². The first-order valence-corrected chi connectivity index (χ1v) is 7.72. The van der Waals surface area contributed by atoms with Gasteiger partial charge in [0.05, 0.1) is 11.6 Å². The van der Waals surface area contributed by atoms with Crippen molar-refractivity contribution in [2.45, 2.75) is 64.0 Å². The Morgan fingerprint density at radius 2 is 1.95 bits per heavy atom. The number of carbonyl (C=O) groups excluding carboxylic acids is 1. The van der Waals surface area contributed by atoms with E-state index < -0.39 is 5.60 Å².